The van der Waals surface area contributed by atoms with E-state index in [-0.39, 0.29) is 17.6 Å². The highest BCUT2D eigenvalue weighted by Crippen LogP contribution is 2.34. The number of fused-ring (bicyclic) bond motifs is 1. The first kappa shape index (κ1) is 32.4. The van der Waals surface area contributed by atoms with Crippen molar-refractivity contribution in [1.82, 2.24) is 4.90 Å². The normalized spacial score (nSPS) is 15.1. The van der Waals surface area contributed by atoms with Crippen LogP contribution in [0.1, 0.15) is 60.6 Å². The molecule has 0 aromatic heterocycles. The Morgan fingerprint density at radius 3 is 2.36 bits per heavy atom. The summed E-state index contributed by atoms with van der Waals surface area (Å²) in [5.74, 6) is -5.31. The Balaban J connectivity index is 1.99. The fourth-order valence-corrected chi connectivity index (χ4v) is 5.01. The van der Waals surface area contributed by atoms with Crippen molar-refractivity contribution in [2.24, 2.45) is 16.5 Å². The van der Waals surface area contributed by atoms with Gasteiger partial charge in [-0.3, -0.25) is 14.4 Å². The summed E-state index contributed by atoms with van der Waals surface area (Å²) >= 11 is 4.33. The lowest BCUT2D eigenvalue weighted by molar-refractivity contribution is -0.202. The molecule has 2 unspecified atom stereocenters. The van der Waals surface area contributed by atoms with E-state index in [1.165, 1.54) is 4.90 Å². The van der Waals surface area contributed by atoms with E-state index >= 15 is 0 Å². The van der Waals surface area contributed by atoms with Gasteiger partial charge in [0.1, 0.15) is 6.54 Å². The van der Waals surface area contributed by atoms with Gasteiger partial charge in [-0.1, -0.05) is 36.4 Å². The van der Waals surface area contributed by atoms with E-state index in [0.717, 1.165) is 10.5 Å². The number of hydrogen-bond donors (Lipinski definition) is 3. The number of esters is 2. The van der Waals surface area contributed by atoms with Crippen LogP contribution >= 0.6 is 12.6 Å². The summed E-state index contributed by atoms with van der Waals surface area (Å²) in [4.78, 5) is 57.9. The molecular formula is C28H32F3N5O5S. The van der Waals surface area contributed by atoms with Crippen LogP contribution in [0.2, 0.25) is 0 Å². The van der Waals surface area contributed by atoms with Crippen molar-refractivity contribution < 1.29 is 37.1 Å². The lowest BCUT2D eigenvalue weighted by atomic mass is 9.99. The number of alkyl halides is 3. The maximum Gasteiger partial charge on any atom is 0.491 e. The van der Waals surface area contributed by atoms with E-state index in [1.54, 1.807) is 62.4 Å². The molecule has 2 aromatic rings. The van der Waals surface area contributed by atoms with Gasteiger partial charge in [-0.15, -0.1) is 0 Å². The number of amides is 2. The SMILES string of the molecule is CC(C)N1C(=O)CN(C(CC(=O)OC(=O)C(F)(F)F)c2ccccc2)C(=O)c2cc(CCCC(S)N=C(N)N)ccc21. The van der Waals surface area contributed by atoms with Gasteiger partial charge in [0.25, 0.3) is 5.91 Å². The molecule has 1 aliphatic heterocycles. The highest BCUT2D eigenvalue weighted by Gasteiger charge is 2.43. The summed E-state index contributed by atoms with van der Waals surface area (Å²) in [7, 11) is 0. The fraction of sp³-hybridized carbons (Fsp3) is 0.393. The van der Waals surface area contributed by atoms with Gasteiger partial charge in [0.15, 0.2) is 5.96 Å². The summed E-state index contributed by atoms with van der Waals surface area (Å²) in [6.07, 6.45) is -4.48. The highest BCUT2D eigenvalue weighted by molar-refractivity contribution is 7.80. The van der Waals surface area contributed by atoms with Crippen LogP contribution < -0.4 is 16.4 Å². The van der Waals surface area contributed by atoms with Crippen molar-refractivity contribution in [3.8, 4) is 0 Å². The molecule has 0 bridgehead atoms. The molecule has 10 nitrogen and oxygen atoms in total. The van der Waals surface area contributed by atoms with Crippen molar-refractivity contribution >= 4 is 48.0 Å². The molecule has 42 heavy (non-hydrogen) atoms. The summed E-state index contributed by atoms with van der Waals surface area (Å²) < 4.78 is 42.2. The second-order valence-corrected chi connectivity index (χ2v) is 10.6. The van der Waals surface area contributed by atoms with E-state index in [2.05, 4.69) is 22.4 Å². The third-order valence-corrected chi connectivity index (χ3v) is 6.86. The van der Waals surface area contributed by atoms with Gasteiger partial charge in [-0.2, -0.15) is 25.8 Å². The van der Waals surface area contributed by atoms with Crippen molar-refractivity contribution in [3.63, 3.8) is 0 Å². The van der Waals surface area contributed by atoms with Crippen LogP contribution in [0.5, 0.6) is 0 Å². The van der Waals surface area contributed by atoms with Crippen LogP contribution in [-0.2, 0) is 25.5 Å². The molecule has 14 heteroatoms. The number of aryl methyl sites for hydroxylation is 1. The summed E-state index contributed by atoms with van der Waals surface area (Å²) in [6, 6.07) is 11.6. The molecule has 0 aliphatic carbocycles. The molecule has 2 atom stereocenters. The third-order valence-electron chi connectivity index (χ3n) is 6.49. The zero-order valence-corrected chi connectivity index (χ0v) is 23.9. The maximum absolute atomic E-state index is 14.1. The molecule has 0 fully saturated rings. The van der Waals surface area contributed by atoms with Crippen LogP contribution in [0.4, 0.5) is 18.9 Å². The zero-order chi connectivity index (χ0) is 31.2. The average molecular weight is 608 g/mol. The average Bonchev–Trinajstić information content (AvgIpc) is 3.00. The maximum atomic E-state index is 14.1. The molecular weight excluding hydrogens is 575 g/mol. The van der Waals surface area contributed by atoms with Crippen LogP contribution in [-0.4, -0.2) is 58.7 Å². The Hall–Kier alpha value is -4.07. The molecule has 0 radical (unpaired) electrons. The highest BCUT2D eigenvalue weighted by atomic mass is 32.1. The number of nitrogens with two attached hydrogens (primary N) is 2. The number of anilines is 1. The number of nitrogens with zero attached hydrogens (tertiary/aromatic N) is 3. The second kappa shape index (κ2) is 13.7. The van der Waals surface area contributed by atoms with E-state index in [9.17, 15) is 32.3 Å². The van der Waals surface area contributed by atoms with Crippen LogP contribution in [0.15, 0.2) is 53.5 Å². The lowest BCUT2D eigenvalue weighted by Crippen LogP contribution is -2.44. The first-order valence-corrected chi connectivity index (χ1v) is 13.6. The van der Waals surface area contributed by atoms with Gasteiger partial charge >= 0.3 is 18.1 Å². The molecule has 0 saturated carbocycles. The number of hydrogen-bond acceptors (Lipinski definition) is 7. The van der Waals surface area contributed by atoms with Crippen LogP contribution in [0.25, 0.3) is 0 Å². The molecule has 0 spiro atoms. The minimum Gasteiger partial charge on any atom is -0.386 e. The number of halogens is 3. The molecule has 1 heterocycles. The third kappa shape index (κ3) is 8.24. The predicted octanol–water partition coefficient (Wildman–Crippen LogP) is 3.50. The standard InChI is InChI=1S/C28H32F3N5O5S/c1-16(2)36-20-12-11-17(7-6-10-22(42)34-27(32)33)13-19(20)25(39)35(15-23(36)37)21(18-8-4-3-5-9-18)14-24(38)41-26(40)28(29,30)31/h3-5,8-9,11-13,16,21-22,42H,6-7,10,14-15H2,1-2H3,(H4,32,33,34). The summed E-state index contributed by atoms with van der Waals surface area (Å²) in [5.41, 5.74) is 12.5. The molecule has 2 aromatic carbocycles. The van der Waals surface area contributed by atoms with Crippen molar-refractivity contribution in [2.45, 2.75) is 63.2 Å². The Kier molecular flexibility index (Phi) is 10.6. The van der Waals surface area contributed by atoms with E-state index < -0.39 is 54.3 Å². The summed E-state index contributed by atoms with van der Waals surface area (Å²) in [6.45, 7) is 3.09. The Labute approximate surface area is 246 Å². The lowest BCUT2D eigenvalue weighted by Gasteiger charge is -2.30. The number of rotatable bonds is 10. The second-order valence-electron chi connectivity index (χ2n) is 9.96. The molecule has 3 rings (SSSR count). The van der Waals surface area contributed by atoms with Crippen LogP contribution in [0, 0.1) is 0 Å². The smallest absolute Gasteiger partial charge is 0.386 e. The topological polar surface area (TPSA) is 148 Å². The van der Waals surface area contributed by atoms with E-state index in [1.807, 2.05) is 0 Å². The molecule has 1 aliphatic rings. The van der Waals surface area contributed by atoms with Crippen molar-refractivity contribution in [3.05, 3.63) is 65.2 Å². The number of thiol groups is 1. The van der Waals surface area contributed by atoms with Gasteiger partial charge in [0.05, 0.1) is 29.1 Å². The first-order valence-electron chi connectivity index (χ1n) is 13.1. The van der Waals surface area contributed by atoms with Gasteiger partial charge in [-0.25, -0.2) is 9.79 Å². The van der Waals surface area contributed by atoms with Crippen molar-refractivity contribution in [1.29, 1.82) is 0 Å². The quantitative estimate of drug-likeness (QED) is 0.123. The van der Waals surface area contributed by atoms with Crippen molar-refractivity contribution in [2.75, 3.05) is 11.4 Å². The zero-order valence-electron chi connectivity index (χ0n) is 23.0. The number of guanidine groups is 1. The Bertz CT molecular complexity index is 1350. The molecule has 0 saturated heterocycles. The minimum atomic E-state index is -5.38. The van der Waals surface area contributed by atoms with E-state index in [4.69, 9.17) is 11.5 Å². The Morgan fingerprint density at radius 2 is 1.76 bits per heavy atom. The van der Waals surface area contributed by atoms with Gasteiger partial charge in [-0.05, 0) is 56.4 Å². The van der Waals surface area contributed by atoms with Gasteiger partial charge < -0.3 is 26.0 Å². The number of carbonyl (C=O) groups excluding carboxylic acids is 4. The first-order chi connectivity index (χ1) is 19.7. The predicted molar refractivity (Wildman–Crippen MR) is 153 cm³/mol. The monoisotopic (exact) mass is 607 g/mol. The largest absolute Gasteiger partial charge is 0.491 e. The molecule has 226 valence electrons. The number of carbonyl (C=O) groups is 4. The Morgan fingerprint density at radius 1 is 1.10 bits per heavy atom. The molecule has 4 N–H and O–H groups in total. The molecule has 2 amide bonds. The number of benzene rings is 2. The van der Waals surface area contributed by atoms with Gasteiger partial charge in [0, 0.05) is 6.04 Å². The van der Waals surface area contributed by atoms with Gasteiger partial charge in [0.2, 0.25) is 5.91 Å². The summed E-state index contributed by atoms with van der Waals surface area (Å²) in [5, 5.41) is -0.405. The number of aliphatic imine (C=N–C) groups is 1. The number of ether oxygens (including phenoxy) is 1. The van der Waals surface area contributed by atoms with Crippen LogP contribution in [0.3, 0.4) is 0 Å². The fourth-order valence-electron chi connectivity index (χ4n) is 4.69. The van der Waals surface area contributed by atoms with E-state index in [0.29, 0.717) is 30.5 Å². The minimum absolute atomic E-state index is 0.0798.